The third-order valence-corrected chi connectivity index (χ3v) is 4.34. The minimum Gasteiger partial charge on any atom is -0.357 e. The second-order valence-corrected chi connectivity index (χ2v) is 6.04. The van der Waals surface area contributed by atoms with Gasteiger partial charge in [-0.05, 0) is 12.5 Å². The van der Waals surface area contributed by atoms with Gasteiger partial charge in [-0.1, -0.05) is 30.3 Å². The Kier molecular flexibility index (Phi) is 3.47. The number of aryl methyl sites for hydroxylation is 1. The molecule has 0 saturated heterocycles. The number of hydrogen-bond donors (Lipinski definition) is 1. The summed E-state index contributed by atoms with van der Waals surface area (Å²) in [6.45, 7) is 1.95. The zero-order valence-corrected chi connectivity index (χ0v) is 13.2. The molecular formula is C16H14N6S. The first-order chi connectivity index (χ1) is 11.3. The van der Waals surface area contributed by atoms with Crippen molar-refractivity contribution < 1.29 is 0 Å². The second kappa shape index (κ2) is 5.77. The van der Waals surface area contributed by atoms with Gasteiger partial charge in [-0.2, -0.15) is 14.6 Å². The Balaban J connectivity index is 1.80. The van der Waals surface area contributed by atoms with Crippen LogP contribution in [0.2, 0.25) is 0 Å². The molecule has 0 aliphatic carbocycles. The van der Waals surface area contributed by atoms with E-state index in [2.05, 4.69) is 37.5 Å². The zero-order chi connectivity index (χ0) is 15.6. The second-order valence-electron chi connectivity index (χ2n) is 5.11. The van der Waals surface area contributed by atoms with Gasteiger partial charge in [0.15, 0.2) is 0 Å². The lowest BCUT2D eigenvalue weighted by atomic mass is 10.1. The Morgan fingerprint density at radius 1 is 1.17 bits per heavy atom. The molecule has 0 aliphatic rings. The molecule has 1 aromatic carbocycles. The van der Waals surface area contributed by atoms with Gasteiger partial charge in [-0.15, -0.1) is 11.3 Å². The fraction of sp³-hybridized carbons (Fsp3) is 0.125. The van der Waals surface area contributed by atoms with Crippen molar-refractivity contribution in [3.05, 3.63) is 70.6 Å². The van der Waals surface area contributed by atoms with Gasteiger partial charge >= 0.3 is 0 Å². The minimum absolute atomic E-state index is 0.0506. The zero-order valence-electron chi connectivity index (χ0n) is 12.4. The Morgan fingerprint density at radius 2 is 2.04 bits per heavy atom. The van der Waals surface area contributed by atoms with E-state index in [9.17, 15) is 0 Å². The summed E-state index contributed by atoms with van der Waals surface area (Å²) in [5, 5.41) is 10.8. The molecule has 3 aromatic heterocycles. The third-order valence-electron chi connectivity index (χ3n) is 3.50. The van der Waals surface area contributed by atoms with Crippen LogP contribution < -0.4 is 5.32 Å². The van der Waals surface area contributed by atoms with Gasteiger partial charge in [0.2, 0.25) is 0 Å². The van der Waals surface area contributed by atoms with E-state index in [-0.39, 0.29) is 6.04 Å². The van der Waals surface area contributed by atoms with Crippen LogP contribution >= 0.6 is 11.3 Å². The van der Waals surface area contributed by atoms with Crippen LogP contribution in [0.1, 0.15) is 22.3 Å². The fourth-order valence-corrected chi connectivity index (χ4v) is 3.21. The van der Waals surface area contributed by atoms with Crippen LogP contribution in [0.3, 0.4) is 0 Å². The quantitative estimate of drug-likeness (QED) is 0.625. The van der Waals surface area contributed by atoms with Gasteiger partial charge in [0.25, 0.3) is 5.78 Å². The summed E-state index contributed by atoms with van der Waals surface area (Å²) in [4.78, 5) is 13.0. The number of rotatable bonds is 4. The Hall–Kier alpha value is -2.80. The largest absolute Gasteiger partial charge is 0.357 e. The maximum atomic E-state index is 4.47. The maximum Gasteiger partial charge on any atom is 0.254 e. The molecule has 1 atom stereocenters. The number of anilines is 1. The maximum absolute atomic E-state index is 4.47. The van der Waals surface area contributed by atoms with Gasteiger partial charge < -0.3 is 5.32 Å². The topological polar surface area (TPSA) is 68.0 Å². The molecule has 0 spiro atoms. The number of fused-ring (bicyclic) bond motifs is 1. The van der Waals surface area contributed by atoms with E-state index in [1.807, 2.05) is 42.8 Å². The van der Waals surface area contributed by atoms with Crippen LogP contribution in [-0.2, 0) is 0 Å². The van der Waals surface area contributed by atoms with E-state index in [0.717, 1.165) is 22.1 Å². The average Bonchev–Trinajstić information content (AvgIpc) is 3.24. The van der Waals surface area contributed by atoms with Crippen molar-refractivity contribution in [3.8, 4) is 0 Å². The van der Waals surface area contributed by atoms with Crippen molar-refractivity contribution in [1.29, 1.82) is 0 Å². The number of thiazole rings is 1. The molecule has 7 heteroatoms. The smallest absolute Gasteiger partial charge is 0.254 e. The molecule has 0 bridgehead atoms. The first kappa shape index (κ1) is 13.8. The predicted molar refractivity (Wildman–Crippen MR) is 89.5 cm³/mol. The Bertz CT molecular complexity index is 916. The van der Waals surface area contributed by atoms with E-state index >= 15 is 0 Å². The number of nitrogens with zero attached hydrogens (tertiary/aromatic N) is 5. The molecule has 0 fully saturated rings. The highest BCUT2D eigenvalue weighted by molar-refractivity contribution is 7.09. The number of hydrogen-bond acceptors (Lipinski definition) is 6. The lowest BCUT2D eigenvalue weighted by Crippen LogP contribution is -2.15. The summed E-state index contributed by atoms with van der Waals surface area (Å²) in [5.41, 5.74) is 2.03. The molecule has 23 heavy (non-hydrogen) atoms. The molecule has 114 valence electrons. The van der Waals surface area contributed by atoms with Crippen LogP contribution in [-0.4, -0.2) is 24.6 Å². The Labute approximate surface area is 136 Å². The monoisotopic (exact) mass is 322 g/mol. The van der Waals surface area contributed by atoms with Crippen molar-refractivity contribution in [3.63, 3.8) is 0 Å². The van der Waals surface area contributed by atoms with Gasteiger partial charge in [0, 0.05) is 23.3 Å². The predicted octanol–water partition coefficient (Wildman–Crippen LogP) is 3.09. The number of benzene rings is 1. The van der Waals surface area contributed by atoms with E-state index in [4.69, 9.17) is 0 Å². The van der Waals surface area contributed by atoms with E-state index in [1.165, 1.54) is 6.33 Å². The van der Waals surface area contributed by atoms with Crippen LogP contribution in [0, 0.1) is 6.92 Å². The molecule has 4 aromatic rings. The molecule has 0 aliphatic heterocycles. The average molecular weight is 322 g/mol. The molecular weight excluding hydrogens is 308 g/mol. The Morgan fingerprint density at radius 3 is 2.83 bits per heavy atom. The van der Waals surface area contributed by atoms with Crippen LogP contribution in [0.5, 0.6) is 0 Å². The first-order valence-electron chi connectivity index (χ1n) is 7.19. The first-order valence-corrected chi connectivity index (χ1v) is 8.07. The molecule has 1 unspecified atom stereocenters. The van der Waals surface area contributed by atoms with E-state index < -0.39 is 0 Å². The molecule has 4 rings (SSSR count). The SMILES string of the molecule is Cc1cc(NC(c2ccccc2)c2nccs2)n2ncnc2n1. The molecule has 0 saturated carbocycles. The lowest BCUT2D eigenvalue weighted by molar-refractivity contribution is 0.861. The van der Waals surface area contributed by atoms with Crippen molar-refractivity contribution in [2.24, 2.45) is 0 Å². The summed E-state index contributed by atoms with van der Waals surface area (Å²) in [7, 11) is 0. The van der Waals surface area contributed by atoms with Crippen LogP contribution in [0.15, 0.2) is 54.3 Å². The summed E-state index contributed by atoms with van der Waals surface area (Å²) in [6.07, 6.45) is 3.33. The normalized spacial score (nSPS) is 12.4. The molecule has 0 radical (unpaired) electrons. The number of aromatic nitrogens is 5. The highest BCUT2D eigenvalue weighted by Gasteiger charge is 2.18. The summed E-state index contributed by atoms with van der Waals surface area (Å²) in [5.74, 6) is 1.42. The van der Waals surface area contributed by atoms with E-state index in [0.29, 0.717) is 5.78 Å². The van der Waals surface area contributed by atoms with E-state index in [1.54, 1.807) is 15.9 Å². The van der Waals surface area contributed by atoms with Gasteiger partial charge in [-0.3, -0.25) is 0 Å². The minimum atomic E-state index is -0.0506. The fourth-order valence-electron chi connectivity index (χ4n) is 2.49. The van der Waals surface area contributed by atoms with Gasteiger partial charge in [-0.25, -0.2) is 9.97 Å². The number of nitrogens with one attached hydrogen (secondary N) is 1. The van der Waals surface area contributed by atoms with Gasteiger partial charge in [0.1, 0.15) is 23.2 Å². The van der Waals surface area contributed by atoms with Gasteiger partial charge in [0.05, 0.1) is 0 Å². The lowest BCUT2D eigenvalue weighted by Gasteiger charge is -2.19. The summed E-state index contributed by atoms with van der Waals surface area (Å²) < 4.78 is 1.70. The molecule has 0 amide bonds. The van der Waals surface area contributed by atoms with Crippen molar-refractivity contribution >= 4 is 22.9 Å². The van der Waals surface area contributed by atoms with Crippen molar-refractivity contribution in [2.45, 2.75) is 13.0 Å². The van der Waals surface area contributed by atoms with Crippen molar-refractivity contribution in [1.82, 2.24) is 24.6 Å². The van der Waals surface area contributed by atoms with Crippen molar-refractivity contribution in [2.75, 3.05) is 5.32 Å². The van der Waals surface area contributed by atoms with Crippen LogP contribution in [0.4, 0.5) is 5.82 Å². The molecule has 1 N–H and O–H groups in total. The third kappa shape index (κ3) is 2.66. The molecule has 6 nitrogen and oxygen atoms in total. The molecule has 3 heterocycles. The highest BCUT2D eigenvalue weighted by Crippen LogP contribution is 2.28. The standard InChI is InChI=1S/C16H14N6S/c1-11-9-13(22-16(20-11)18-10-19-22)21-14(15-17-7-8-23-15)12-5-3-2-4-6-12/h2-10,14,21H,1H3. The summed E-state index contributed by atoms with van der Waals surface area (Å²) >= 11 is 1.62. The summed E-state index contributed by atoms with van der Waals surface area (Å²) in [6, 6.07) is 12.2. The highest BCUT2D eigenvalue weighted by atomic mass is 32.1. The van der Waals surface area contributed by atoms with Crippen LogP contribution in [0.25, 0.3) is 5.78 Å².